The normalized spacial score (nSPS) is 10.8. The average Bonchev–Trinajstić information content (AvgIpc) is 2.10. The lowest BCUT2D eigenvalue weighted by atomic mass is 10.2. The number of nitrogens with two attached hydrogens (primary N) is 1. The van der Waals surface area contributed by atoms with Gasteiger partial charge in [0, 0.05) is 13.2 Å². The molecule has 0 heterocycles. The van der Waals surface area contributed by atoms with E-state index in [1.54, 1.807) is 0 Å². The van der Waals surface area contributed by atoms with Gasteiger partial charge in [0.1, 0.15) is 0 Å². The van der Waals surface area contributed by atoms with Crippen molar-refractivity contribution < 1.29 is 9.47 Å². The van der Waals surface area contributed by atoms with Crippen LogP contribution in [0.5, 0.6) is 0 Å². The van der Waals surface area contributed by atoms with Crippen LogP contribution in [0.4, 0.5) is 0 Å². The highest BCUT2D eigenvalue weighted by molar-refractivity contribution is 4.95. The molecule has 0 rings (SSSR count). The van der Waals surface area contributed by atoms with Gasteiger partial charge in [-0.2, -0.15) is 0 Å². The molecule has 0 radical (unpaired) electrons. The van der Waals surface area contributed by atoms with E-state index in [2.05, 4.69) is 20.4 Å². The summed E-state index contributed by atoms with van der Waals surface area (Å²) < 4.78 is 10.6. The van der Waals surface area contributed by atoms with Gasteiger partial charge in [0.15, 0.2) is 0 Å². The summed E-state index contributed by atoms with van der Waals surface area (Å²) in [4.78, 5) is 0. The molecule has 3 nitrogen and oxygen atoms in total. The molecular weight excluding hydrogens is 166 g/mol. The zero-order chi connectivity index (χ0) is 10.1. The molecule has 0 aliphatic carbocycles. The fourth-order valence-corrected chi connectivity index (χ4v) is 0.712. The van der Waals surface area contributed by atoms with Gasteiger partial charge >= 0.3 is 0 Å². The van der Waals surface area contributed by atoms with E-state index in [4.69, 9.17) is 15.2 Å². The predicted molar refractivity (Wildman–Crippen MR) is 54.7 cm³/mol. The third-order valence-electron chi connectivity index (χ3n) is 1.42. The fraction of sp³-hybridized carbons (Fsp3) is 0.800. The lowest BCUT2D eigenvalue weighted by Crippen LogP contribution is -2.12. The summed E-state index contributed by atoms with van der Waals surface area (Å²) in [6.07, 6.45) is 0. The van der Waals surface area contributed by atoms with Crippen LogP contribution in [0.3, 0.4) is 0 Å². The van der Waals surface area contributed by atoms with Crippen molar-refractivity contribution >= 4 is 0 Å². The molecular formula is C10H21NO2. The van der Waals surface area contributed by atoms with Crippen molar-refractivity contribution in [3.05, 3.63) is 12.2 Å². The van der Waals surface area contributed by atoms with E-state index in [9.17, 15) is 0 Å². The molecule has 0 bridgehead atoms. The van der Waals surface area contributed by atoms with E-state index in [0.717, 1.165) is 12.2 Å². The Kier molecular flexibility index (Phi) is 7.99. The minimum absolute atomic E-state index is 0.493. The Morgan fingerprint density at radius 1 is 1.31 bits per heavy atom. The van der Waals surface area contributed by atoms with Crippen molar-refractivity contribution in [1.82, 2.24) is 0 Å². The molecule has 0 fully saturated rings. The second-order valence-corrected chi connectivity index (χ2v) is 3.48. The standard InChI is InChI=1S/C10H21NO2/c1-9(2)7-12-4-5-13-8-10(3)6-11/h9H,3-8,11H2,1-2H3. The first-order valence-corrected chi connectivity index (χ1v) is 4.69. The molecule has 0 unspecified atom stereocenters. The van der Waals surface area contributed by atoms with Crippen LogP contribution in [0.1, 0.15) is 13.8 Å². The van der Waals surface area contributed by atoms with E-state index in [1.807, 2.05) is 0 Å². The van der Waals surface area contributed by atoms with Crippen LogP contribution in [-0.4, -0.2) is 33.0 Å². The molecule has 0 aromatic heterocycles. The Bertz CT molecular complexity index is 135. The molecule has 0 amide bonds. The Labute approximate surface area is 80.9 Å². The lowest BCUT2D eigenvalue weighted by Gasteiger charge is -2.07. The smallest absolute Gasteiger partial charge is 0.0704 e. The lowest BCUT2D eigenvalue weighted by molar-refractivity contribution is 0.0449. The molecule has 0 saturated heterocycles. The molecule has 0 aromatic carbocycles. The molecule has 3 heteroatoms. The Hall–Kier alpha value is -0.380. The summed E-state index contributed by atoms with van der Waals surface area (Å²) in [6.45, 7) is 11.1. The summed E-state index contributed by atoms with van der Waals surface area (Å²) in [6, 6.07) is 0. The molecule has 0 aliphatic rings. The summed E-state index contributed by atoms with van der Waals surface area (Å²) >= 11 is 0. The number of hydrogen-bond donors (Lipinski definition) is 1. The molecule has 0 spiro atoms. The van der Waals surface area contributed by atoms with Gasteiger partial charge in [-0.05, 0) is 11.5 Å². The second-order valence-electron chi connectivity index (χ2n) is 3.48. The second kappa shape index (κ2) is 8.23. The molecule has 0 aromatic rings. The van der Waals surface area contributed by atoms with Crippen molar-refractivity contribution in [2.24, 2.45) is 11.7 Å². The maximum atomic E-state index is 5.34. The highest BCUT2D eigenvalue weighted by Crippen LogP contribution is 1.92. The van der Waals surface area contributed by atoms with Crippen LogP contribution >= 0.6 is 0 Å². The maximum absolute atomic E-state index is 5.34. The first kappa shape index (κ1) is 12.6. The molecule has 13 heavy (non-hydrogen) atoms. The van der Waals surface area contributed by atoms with E-state index in [-0.39, 0.29) is 0 Å². The van der Waals surface area contributed by atoms with Crippen molar-refractivity contribution in [1.29, 1.82) is 0 Å². The summed E-state index contributed by atoms with van der Waals surface area (Å²) in [5.41, 5.74) is 6.26. The van der Waals surface area contributed by atoms with Crippen molar-refractivity contribution in [2.75, 3.05) is 33.0 Å². The monoisotopic (exact) mass is 187 g/mol. The van der Waals surface area contributed by atoms with Crippen molar-refractivity contribution in [2.45, 2.75) is 13.8 Å². The molecule has 0 atom stereocenters. The maximum Gasteiger partial charge on any atom is 0.0704 e. The van der Waals surface area contributed by atoms with Crippen LogP contribution < -0.4 is 5.73 Å². The van der Waals surface area contributed by atoms with Crippen LogP contribution in [0, 0.1) is 5.92 Å². The van der Waals surface area contributed by atoms with Crippen molar-refractivity contribution in [3.8, 4) is 0 Å². The van der Waals surface area contributed by atoms with Gasteiger partial charge in [-0.1, -0.05) is 20.4 Å². The minimum Gasteiger partial charge on any atom is -0.379 e. The molecule has 78 valence electrons. The molecule has 0 saturated carbocycles. The average molecular weight is 187 g/mol. The largest absolute Gasteiger partial charge is 0.379 e. The van der Waals surface area contributed by atoms with E-state index in [0.29, 0.717) is 32.3 Å². The van der Waals surface area contributed by atoms with Gasteiger partial charge in [-0.25, -0.2) is 0 Å². The van der Waals surface area contributed by atoms with E-state index in [1.165, 1.54) is 0 Å². The van der Waals surface area contributed by atoms with Crippen LogP contribution in [-0.2, 0) is 9.47 Å². The highest BCUT2D eigenvalue weighted by atomic mass is 16.5. The number of ether oxygens (including phenoxy) is 2. The third kappa shape index (κ3) is 9.53. The summed E-state index contributed by atoms with van der Waals surface area (Å²) in [5.74, 6) is 0.582. The predicted octanol–water partition coefficient (Wildman–Crippen LogP) is 1.19. The van der Waals surface area contributed by atoms with Gasteiger partial charge in [-0.3, -0.25) is 0 Å². The van der Waals surface area contributed by atoms with Gasteiger partial charge in [0.2, 0.25) is 0 Å². The first-order chi connectivity index (χ1) is 6.16. The number of rotatable bonds is 8. The van der Waals surface area contributed by atoms with E-state index >= 15 is 0 Å². The Balaban J connectivity index is 3.04. The van der Waals surface area contributed by atoms with Crippen LogP contribution in [0.2, 0.25) is 0 Å². The zero-order valence-electron chi connectivity index (χ0n) is 8.71. The first-order valence-electron chi connectivity index (χ1n) is 4.69. The highest BCUT2D eigenvalue weighted by Gasteiger charge is 1.94. The van der Waals surface area contributed by atoms with Crippen molar-refractivity contribution in [3.63, 3.8) is 0 Å². The van der Waals surface area contributed by atoms with Crippen LogP contribution in [0.15, 0.2) is 12.2 Å². The SMILES string of the molecule is C=C(CN)COCCOCC(C)C. The minimum atomic E-state index is 0.493. The molecule has 2 N–H and O–H groups in total. The Morgan fingerprint density at radius 2 is 1.92 bits per heavy atom. The van der Waals surface area contributed by atoms with Gasteiger partial charge in [-0.15, -0.1) is 0 Å². The van der Waals surface area contributed by atoms with Gasteiger partial charge in [0.05, 0.1) is 19.8 Å². The summed E-state index contributed by atoms with van der Waals surface area (Å²) in [5, 5.41) is 0. The number of hydrogen-bond acceptors (Lipinski definition) is 3. The fourth-order valence-electron chi connectivity index (χ4n) is 0.712. The summed E-state index contributed by atoms with van der Waals surface area (Å²) in [7, 11) is 0. The van der Waals surface area contributed by atoms with E-state index < -0.39 is 0 Å². The van der Waals surface area contributed by atoms with Crippen LogP contribution in [0.25, 0.3) is 0 Å². The Morgan fingerprint density at radius 3 is 2.46 bits per heavy atom. The zero-order valence-corrected chi connectivity index (χ0v) is 8.71. The third-order valence-corrected chi connectivity index (χ3v) is 1.42. The van der Waals surface area contributed by atoms with Gasteiger partial charge < -0.3 is 15.2 Å². The molecule has 0 aliphatic heterocycles. The quantitative estimate of drug-likeness (QED) is 0.458. The van der Waals surface area contributed by atoms with Gasteiger partial charge in [0.25, 0.3) is 0 Å². The topological polar surface area (TPSA) is 44.5 Å².